The predicted molar refractivity (Wildman–Crippen MR) is 78.0 cm³/mol. The minimum absolute atomic E-state index is 0.507. The maximum atomic E-state index is 5.83. The van der Waals surface area contributed by atoms with E-state index in [1.807, 2.05) is 30.5 Å². The highest BCUT2D eigenvalue weighted by atomic mass is 79.9. The molecule has 0 aliphatic heterocycles. The zero-order valence-electron chi connectivity index (χ0n) is 9.24. The van der Waals surface area contributed by atoms with Crippen LogP contribution in [0.15, 0.2) is 28.1 Å². The Balaban J connectivity index is 2.13. The first kappa shape index (κ1) is 13.1. The summed E-state index contributed by atoms with van der Waals surface area (Å²) >= 11 is 8.60. The van der Waals surface area contributed by atoms with Crippen molar-refractivity contribution in [3.8, 4) is 5.75 Å². The Morgan fingerprint density at radius 3 is 2.88 bits per heavy atom. The minimum Gasteiger partial charge on any atom is -0.486 e. The molecule has 1 aromatic heterocycles. The van der Waals surface area contributed by atoms with Gasteiger partial charge in [0.15, 0.2) is 0 Å². The van der Waals surface area contributed by atoms with Gasteiger partial charge in [-0.1, -0.05) is 28.1 Å². The molecule has 0 N–H and O–H groups in total. The summed E-state index contributed by atoms with van der Waals surface area (Å²) in [5.41, 5.74) is 2.11. The van der Waals surface area contributed by atoms with Crippen molar-refractivity contribution >= 4 is 43.2 Å². The van der Waals surface area contributed by atoms with Gasteiger partial charge in [0, 0.05) is 16.3 Å². The SMILES string of the molecule is Cc1nc(COc2c(Br)cccc2CBr)cs1. The number of benzene rings is 1. The molecule has 0 unspecified atom stereocenters. The van der Waals surface area contributed by atoms with Crippen molar-refractivity contribution in [2.75, 3.05) is 0 Å². The maximum Gasteiger partial charge on any atom is 0.138 e. The van der Waals surface area contributed by atoms with Crippen LogP contribution >= 0.6 is 43.2 Å². The second-order valence-corrected chi connectivity index (χ2v) is 5.99. The van der Waals surface area contributed by atoms with E-state index in [1.165, 1.54) is 0 Å². The van der Waals surface area contributed by atoms with E-state index in [0.717, 1.165) is 31.8 Å². The van der Waals surface area contributed by atoms with Gasteiger partial charge in [-0.25, -0.2) is 4.98 Å². The monoisotopic (exact) mass is 375 g/mol. The molecule has 0 atom stereocenters. The second-order valence-electron chi connectivity index (χ2n) is 3.51. The van der Waals surface area contributed by atoms with E-state index in [2.05, 4.69) is 36.8 Å². The third-order valence-electron chi connectivity index (χ3n) is 2.22. The highest BCUT2D eigenvalue weighted by Crippen LogP contribution is 2.31. The molecule has 0 amide bonds. The zero-order chi connectivity index (χ0) is 12.3. The van der Waals surface area contributed by atoms with Crippen LogP contribution in [0.25, 0.3) is 0 Å². The number of aromatic nitrogens is 1. The lowest BCUT2D eigenvalue weighted by Gasteiger charge is -2.10. The summed E-state index contributed by atoms with van der Waals surface area (Å²) in [6, 6.07) is 6.02. The average molecular weight is 377 g/mol. The molecule has 1 aromatic carbocycles. The first-order valence-electron chi connectivity index (χ1n) is 5.08. The second kappa shape index (κ2) is 5.98. The molecule has 17 heavy (non-hydrogen) atoms. The fourth-order valence-electron chi connectivity index (χ4n) is 1.44. The van der Waals surface area contributed by atoms with Crippen LogP contribution in [0.2, 0.25) is 0 Å². The van der Waals surface area contributed by atoms with Crippen LogP contribution in [-0.4, -0.2) is 4.98 Å². The van der Waals surface area contributed by atoms with Crippen molar-refractivity contribution in [3.63, 3.8) is 0 Å². The van der Waals surface area contributed by atoms with Crippen LogP contribution in [0.4, 0.5) is 0 Å². The van der Waals surface area contributed by atoms with Gasteiger partial charge < -0.3 is 4.74 Å². The van der Waals surface area contributed by atoms with Crippen molar-refractivity contribution in [1.82, 2.24) is 4.98 Å². The van der Waals surface area contributed by atoms with E-state index in [9.17, 15) is 0 Å². The van der Waals surface area contributed by atoms with Crippen molar-refractivity contribution < 1.29 is 4.74 Å². The van der Waals surface area contributed by atoms with Crippen molar-refractivity contribution in [3.05, 3.63) is 44.3 Å². The summed E-state index contributed by atoms with van der Waals surface area (Å²) in [5, 5.41) is 3.87. The number of aryl methyl sites for hydroxylation is 1. The molecule has 2 aromatic rings. The molecule has 0 radical (unpaired) electrons. The largest absolute Gasteiger partial charge is 0.486 e. The summed E-state index contributed by atoms with van der Waals surface area (Å²) in [7, 11) is 0. The normalized spacial score (nSPS) is 10.5. The Hall–Kier alpha value is -0.390. The third kappa shape index (κ3) is 3.30. The van der Waals surface area contributed by atoms with Crippen molar-refractivity contribution in [2.24, 2.45) is 0 Å². The van der Waals surface area contributed by atoms with Gasteiger partial charge in [0.25, 0.3) is 0 Å². The summed E-state index contributed by atoms with van der Waals surface area (Å²) < 4.78 is 6.80. The highest BCUT2D eigenvalue weighted by Gasteiger charge is 2.08. The van der Waals surface area contributed by atoms with E-state index in [4.69, 9.17) is 4.74 Å². The number of hydrogen-bond acceptors (Lipinski definition) is 3. The predicted octanol–water partition coefficient (Wildman–Crippen LogP) is 4.69. The molecule has 1 heterocycles. The lowest BCUT2D eigenvalue weighted by Crippen LogP contribution is -1.99. The Morgan fingerprint density at radius 2 is 2.24 bits per heavy atom. The molecule has 2 rings (SSSR count). The molecule has 90 valence electrons. The standard InChI is InChI=1S/C12H11Br2NOS/c1-8-15-10(7-17-8)6-16-12-9(5-13)3-2-4-11(12)14/h2-4,7H,5-6H2,1H3. The fraction of sp³-hybridized carbons (Fsp3) is 0.250. The molecule has 0 saturated heterocycles. The van der Waals surface area contributed by atoms with Crippen LogP contribution < -0.4 is 4.74 Å². The summed E-state index contributed by atoms with van der Waals surface area (Å²) in [4.78, 5) is 4.38. The quantitative estimate of drug-likeness (QED) is 0.722. The summed E-state index contributed by atoms with van der Waals surface area (Å²) in [5.74, 6) is 0.884. The molecule has 0 spiro atoms. The Labute approximate surface area is 121 Å². The molecule has 0 fully saturated rings. The first-order valence-corrected chi connectivity index (χ1v) is 7.87. The number of alkyl halides is 1. The average Bonchev–Trinajstić information content (AvgIpc) is 2.73. The summed E-state index contributed by atoms with van der Waals surface area (Å²) in [6.45, 7) is 2.50. The van der Waals surface area contributed by atoms with Crippen molar-refractivity contribution in [2.45, 2.75) is 18.9 Å². The van der Waals surface area contributed by atoms with E-state index in [1.54, 1.807) is 11.3 Å². The Bertz CT molecular complexity index is 513. The fourth-order valence-corrected chi connectivity index (χ4v) is 3.00. The zero-order valence-corrected chi connectivity index (χ0v) is 13.2. The number of para-hydroxylation sites is 1. The van der Waals surface area contributed by atoms with Gasteiger partial charge >= 0.3 is 0 Å². The molecule has 0 aliphatic rings. The van der Waals surface area contributed by atoms with Gasteiger partial charge in [0.05, 0.1) is 15.2 Å². The molecule has 2 nitrogen and oxygen atoms in total. The lowest BCUT2D eigenvalue weighted by molar-refractivity contribution is 0.298. The number of ether oxygens (including phenoxy) is 1. The van der Waals surface area contributed by atoms with Gasteiger partial charge in [0.2, 0.25) is 0 Å². The van der Waals surface area contributed by atoms with Gasteiger partial charge in [-0.15, -0.1) is 11.3 Å². The topological polar surface area (TPSA) is 22.1 Å². The molecule has 0 bridgehead atoms. The van der Waals surface area contributed by atoms with Crippen LogP contribution in [0, 0.1) is 6.92 Å². The number of nitrogens with zero attached hydrogens (tertiary/aromatic N) is 1. The number of halogens is 2. The minimum atomic E-state index is 0.507. The van der Waals surface area contributed by atoms with Gasteiger partial charge in [-0.2, -0.15) is 0 Å². The van der Waals surface area contributed by atoms with E-state index in [-0.39, 0.29) is 0 Å². The van der Waals surface area contributed by atoms with Gasteiger partial charge in [-0.05, 0) is 28.9 Å². The smallest absolute Gasteiger partial charge is 0.138 e. The number of rotatable bonds is 4. The Kier molecular flexibility index (Phi) is 4.59. The van der Waals surface area contributed by atoms with Crippen LogP contribution in [-0.2, 0) is 11.9 Å². The third-order valence-corrected chi connectivity index (χ3v) is 4.27. The summed E-state index contributed by atoms with van der Waals surface area (Å²) in [6.07, 6.45) is 0. The maximum absolute atomic E-state index is 5.83. The molecule has 5 heteroatoms. The van der Waals surface area contributed by atoms with E-state index < -0.39 is 0 Å². The number of hydrogen-bond donors (Lipinski definition) is 0. The Morgan fingerprint density at radius 1 is 1.41 bits per heavy atom. The molecular weight excluding hydrogens is 366 g/mol. The van der Waals surface area contributed by atoms with Gasteiger partial charge in [0.1, 0.15) is 12.4 Å². The van der Waals surface area contributed by atoms with Crippen molar-refractivity contribution in [1.29, 1.82) is 0 Å². The molecular formula is C12H11Br2NOS. The first-order chi connectivity index (χ1) is 8.20. The van der Waals surface area contributed by atoms with Gasteiger partial charge in [-0.3, -0.25) is 0 Å². The molecule has 0 aliphatic carbocycles. The van der Waals surface area contributed by atoms with Crippen LogP contribution in [0.5, 0.6) is 5.75 Å². The lowest BCUT2D eigenvalue weighted by atomic mass is 10.2. The van der Waals surface area contributed by atoms with E-state index >= 15 is 0 Å². The molecule has 0 saturated carbocycles. The highest BCUT2D eigenvalue weighted by molar-refractivity contribution is 9.10. The van der Waals surface area contributed by atoms with E-state index in [0.29, 0.717) is 6.61 Å². The number of thiazole rings is 1. The van der Waals surface area contributed by atoms with Crippen LogP contribution in [0.3, 0.4) is 0 Å². The van der Waals surface area contributed by atoms with Crippen LogP contribution in [0.1, 0.15) is 16.3 Å².